The van der Waals surface area contributed by atoms with Crippen molar-refractivity contribution in [3.63, 3.8) is 0 Å². The van der Waals surface area contributed by atoms with Crippen molar-refractivity contribution in [2.45, 2.75) is 32.7 Å². The first-order valence-corrected chi connectivity index (χ1v) is 5.74. The number of aliphatic hydroxyl groups is 1. The summed E-state index contributed by atoms with van der Waals surface area (Å²) >= 11 is 0. The lowest BCUT2D eigenvalue weighted by atomic mass is 10.1. The van der Waals surface area contributed by atoms with Gasteiger partial charge < -0.3 is 15.7 Å². The lowest BCUT2D eigenvalue weighted by Gasteiger charge is -2.19. The third kappa shape index (κ3) is 5.14. The molecule has 1 amide bonds. The van der Waals surface area contributed by atoms with Gasteiger partial charge in [-0.2, -0.15) is 0 Å². The number of carbonyl (C=O) groups excluding carboxylic acids is 1. The first-order valence-electron chi connectivity index (χ1n) is 5.74. The molecule has 0 aromatic heterocycles. The van der Waals surface area contributed by atoms with Gasteiger partial charge in [0, 0.05) is 12.6 Å². The van der Waals surface area contributed by atoms with Crippen molar-refractivity contribution in [3.8, 4) is 0 Å². The van der Waals surface area contributed by atoms with Gasteiger partial charge >= 0.3 is 0 Å². The average molecular weight is 214 g/mol. The van der Waals surface area contributed by atoms with Crippen LogP contribution in [0.15, 0.2) is 0 Å². The second-order valence-corrected chi connectivity index (χ2v) is 4.66. The molecular formula is C11H22N2O2. The zero-order valence-electron chi connectivity index (χ0n) is 9.62. The first kappa shape index (κ1) is 12.5. The van der Waals surface area contributed by atoms with Gasteiger partial charge in [-0.3, -0.25) is 4.79 Å². The lowest BCUT2D eigenvalue weighted by Crippen LogP contribution is -2.43. The van der Waals surface area contributed by atoms with Gasteiger partial charge in [0.25, 0.3) is 0 Å². The van der Waals surface area contributed by atoms with Gasteiger partial charge in [-0.05, 0) is 24.7 Å². The summed E-state index contributed by atoms with van der Waals surface area (Å²) in [6.45, 7) is 5.24. The fourth-order valence-electron chi connectivity index (χ4n) is 1.38. The molecule has 4 nitrogen and oxygen atoms in total. The Morgan fingerprint density at radius 3 is 2.60 bits per heavy atom. The SMILES string of the molecule is CC(C)[C@@H](CO)NCC(=O)NCC1CC1. The molecule has 88 valence electrons. The standard InChI is InChI=1S/C11H22N2O2/c1-8(2)10(7-14)12-6-11(15)13-5-9-3-4-9/h8-10,12,14H,3-7H2,1-2H3,(H,13,15)/t10-/m1/s1. The number of carbonyl (C=O) groups is 1. The van der Waals surface area contributed by atoms with Gasteiger partial charge in [-0.25, -0.2) is 0 Å². The van der Waals surface area contributed by atoms with Crippen LogP contribution >= 0.6 is 0 Å². The summed E-state index contributed by atoms with van der Waals surface area (Å²) in [5.74, 6) is 1.08. The van der Waals surface area contributed by atoms with Crippen LogP contribution < -0.4 is 10.6 Å². The molecule has 0 saturated heterocycles. The molecule has 0 heterocycles. The molecule has 15 heavy (non-hydrogen) atoms. The van der Waals surface area contributed by atoms with Crippen molar-refractivity contribution in [1.82, 2.24) is 10.6 Å². The van der Waals surface area contributed by atoms with Crippen LogP contribution in [0.25, 0.3) is 0 Å². The Labute approximate surface area is 91.4 Å². The molecule has 1 aliphatic carbocycles. The van der Waals surface area contributed by atoms with Crippen LogP contribution in [0, 0.1) is 11.8 Å². The maximum Gasteiger partial charge on any atom is 0.233 e. The van der Waals surface area contributed by atoms with Crippen LogP contribution in [-0.2, 0) is 4.79 Å². The fraction of sp³-hybridized carbons (Fsp3) is 0.909. The maximum atomic E-state index is 11.4. The van der Waals surface area contributed by atoms with Crippen molar-refractivity contribution >= 4 is 5.91 Å². The Kier molecular flexibility index (Phi) is 5.05. The molecule has 0 radical (unpaired) electrons. The molecule has 1 aliphatic rings. The molecule has 0 aromatic carbocycles. The van der Waals surface area contributed by atoms with Crippen LogP contribution in [0.4, 0.5) is 0 Å². The molecule has 0 bridgehead atoms. The maximum absolute atomic E-state index is 11.4. The lowest BCUT2D eigenvalue weighted by molar-refractivity contribution is -0.120. The molecule has 0 unspecified atom stereocenters. The van der Waals surface area contributed by atoms with E-state index in [0.717, 1.165) is 6.54 Å². The minimum absolute atomic E-state index is 0.0108. The molecule has 1 atom stereocenters. The van der Waals surface area contributed by atoms with Gasteiger partial charge in [0.2, 0.25) is 5.91 Å². The van der Waals surface area contributed by atoms with Crippen molar-refractivity contribution in [1.29, 1.82) is 0 Å². The third-order valence-electron chi connectivity index (χ3n) is 2.81. The van der Waals surface area contributed by atoms with Crippen molar-refractivity contribution in [3.05, 3.63) is 0 Å². The number of nitrogens with one attached hydrogen (secondary N) is 2. The van der Waals surface area contributed by atoms with E-state index >= 15 is 0 Å². The average Bonchev–Trinajstić information content (AvgIpc) is 2.98. The van der Waals surface area contributed by atoms with Crippen LogP contribution in [0.5, 0.6) is 0 Å². The molecule has 1 fully saturated rings. The van der Waals surface area contributed by atoms with E-state index in [1.807, 2.05) is 13.8 Å². The molecule has 4 heteroatoms. The highest BCUT2D eigenvalue weighted by Crippen LogP contribution is 2.27. The molecular weight excluding hydrogens is 192 g/mol. The number of aliphatic hydroxyl groups excluding tert-OH is 1. The predicted octanol–water partition coefficient (Wildman–Crippen LogP) is 0.119. The van der Waals surface area contributed by atoms with Crippen LogP contribution in [0.1, 0.15) is 26.7 Å². The van der Waals surface area contributed by atoms with Crippen molar-refractivity contribution < 1.29 is 9.90 Å². The summed E-state index contributed by atoms with van der Waals surface area (Å²) in [6, 6.07) is 0.0108. The zero-order chi connectivity index (χ0) is 11.3. The van der Waals surface area contributed by atoms with E-state index in [1.54, 1.807) is 0 Å². The van der Waals surface area contributed by atoms with E-state index in [4.69, 9.17) is 5.11 Å². The summed E-state index contributed by atoms with van der Waals surface area (Å²) in [5.41, 5.74) is 0. The van der Waals surface area contributed by atoms with Crippen LogP contribution in [0.3, 0.4) is 0 Å². The van der Waals surface area contributed by atoms with Gasteiger partial charge in [0.1, 0.15) is 0 Å². The van der Waals surface area contributed by atoms with Gasteiger partial charge in [0.05, 0.1) is 13.2 Å². The monoisotopic (exact) mass is 214 g/mol. The summed E-state index contributed by atoms with van der Waals surface area (Å²) in [5, 5.41) is 15.0. The Balaban J connectivity index is 2.07. The fourth-order valence-corrected chi connectivity index (χ4v) is 1.38. The van der Waals surface area contributed by atoms with E-state index in [1.165, 1.54) is 12.8 Å². The Morgan fingerprint density at radius 1 is 1.47 bits per heavy atom. The number of amides is 1. The van der Waals surface area contributed by atoms with Gasteiger partial charge in [0.15, 0.2) is 0 Å². The van der Waals surface area contributed by atoms with E-state index in [-0.39, 0.29) is 18.6 Å². The second-order valence-electron chi connectivity index (χ2n) is 4.66. The van der Waals surface area contributed by atoms with E-state index in [9.17, 15) is 4.79 Å². The molecule has 0 aliphatic heterocycles. The quantitative estimate of drug-likeness (QED) is 0.564. The second kappa shape index (κ2) is 6.08. The number of hydrogen-bond acceptors (Lipinski definition) is 3. The van der Waals surface area contributed by atoms with Gasteiger partial charge in [-0.15, -0.1) is 0 Å². The van der Waals surface area contributed by atoms with E-state index in [0.29, 0.717) is 18.4 Å². The van der Waals surface area contributed by atoms with Gasteiger partial charge in [-0.1, -0.05) is 13.8 Å². The summed E-state index contributed by atoms with van der Waals surface area (Å²) in [7, 11) is 0. The first-order chi connectivity index (χ1) is 7.13. The minimum atomic E-state index is 0.0108. The Bertz CT molecular complexity index is 203. The van der Waals surface area contributed by atoms with E-state index in [2.05, 4.69) is 10.6 Å². The van der Waals surface area contributed by atoms with E-state index < -0.39 is 0 Å². The Morgan fingerprint density at radius 2 is 2.13 bits per heavy atom. The highest BCUT2D eigenvalue weighted by molar-refractivity contribution is 5.78. The van der Waals surface area contributed by atoms with Crippen molar-refractivity contribution in [2.24, 2.45) is 11.8 Å². The molecule has 1 saturated carbocycles. The van der Waals surface area contributed by atoms with Crippen LogP contribution in [-0.4, -0.2) is 36.8 Å². The topological polar surface area (TPSA) is 61.4 Å². The number of rotatable bonds is 7. The summed E-state index contributed by atoms with van der Waals surface area (Å²) < 4.78 is 0. The summed E-state index contributed by atoms with van der Waals surface area (Å²) in [4.78, 5) is 11.4. The van der Waals surface area contributed by atoms with Crippen molar-refractivity contribution in [2.75, 3.05) is 19.7 Å². The predicted molar refractivity (Wildman–Crippen MR) is 59.4 cm³/mol. The Hall–Kier alpha value is -0.610. The van der Waals surface area contributed by atoms with Crippen LogP contribution in [0.2, 0.25) is 0 Å². The normalized spacial score (nSPS) is 17.9. The molecule has 0 spiro atoms. The smallest absolute Gasteiger partial charge is 0.233 e. The summed E-state index contributed by atoms with van der Waals surface area (Å²) in [6.07, 6.45) is 2.50. The highest BCUT2D eigenvalue weighted by atomic mass is 16.3. The largest absolute Gasteiger partial charge is 0.395 e. The number of hydrogen-bond donors (Lipinski definition) is 3. The zero-order valence-corrected chi connectivity index (χ0v) is 9.62. The molecule has 3 N–H and O–H groups in total. The third-order valence-corrected chi connectivity index (χ3v) is 2.81. The highest BCUT2D eigenvalue weighted by Gasteiger charge is 2.21. The molecule has 0 aromatic rings. The molecule has 1 rings (SSSR count). The minimum Gasteiger partial charge on any atom is -0.395 e.